The topological polar surface area (TPSA) is 12.0 Å². The Morgan fingerprint density at radius 1 is 1.05 bits per heavy atom. The Bertz CT molecular complexity index is 669. The van der Waals surface area contributed by atoms with Gasteiger partial charge in [0.1, 0.15) is 0 Å². The molecule has 0 spiro atoms. The summed E-state index contributed by atoms with van der Waals surface area (Å²) in [5.74, 6) is 0. The predicted molar refractivity (Wildman–Crippen MR) is 90.5 cm³/mol. The van der Waals surface area contributed by atoms with Gasteiger partial charge in [-0.25, -0.2) is 0 Å². The summed E-state index contributed by atoms with van der Waals surface area (Å²) in [5.41, 5.74) is 3.80. The largest absolute Gasteiger partial charge is 0.303 e. The molecule has 0 bridgehead atoms. The molecule has 0 saturated heterocycles. The Labute approximate surface area is 140 Å². The number of rotatable bonds is 3. The van der Waals surface area contributed by atoms with Crippen molar-refractivity contribution in [3.05, 3.63) is 68.2 Å². The zero-order valence-corrected chi connectivity index (χ0v) is 13.9. The monoisotopic (exact) mass is 339 g/mol. The summed E-state index contributed by atoms with van der Waals surface area (Å²) in [6, 6.07) is 12.8. The van der Waals surface area contributed by atoms with Crippen LogP contribution in [0, 0.1) is 0 Å². The summed E-state index contributed by atoms with van der Waals surface area (Å²) in [5, 5.41) is 5.11. The fourth-order valence-corrected chi connectivity index (χ4v) is 3.70. The van der Waals surface area contributed by atoms with Gasteiger partial charge in [0.05, 0.1) is 15.1 Å². The average molecular weight is 341 g/mol. The smallest absolute Gasteiger partial charge is 0.0781 e. The molecule has 21 heavy (non-hydrogen) atoms. The lowest BCUT2D eigenvalue weighted by molar-refractivity contribution is 0.465. The molecule has 0 fully saturated rings. The molecule has 1 aliphatic carbocycles. The summed E-state index contributed by atoms with van der Waals surface area (Å²) in [6.45, 7) is 2.10. The van der Waals surface area contributed by atoms with Gasteiger partial charge in [-0.2, -0.15) is 0 Å². The minimum absolute atomic E-state index is 0.114. The highest BCUT2D eigenvalue weighted by atomic mass is 35.5. The Morgan fingerprint density at radius 2 is 1.81 bits per heavy atom. The van der Waals surface area contributed by atoms with Crippen LogP contribution in [0.1, 0.15) is 42.1 Å². The van der Waals surface area contributed by atoms with Crippen LogP contribution < -0.4 is 5.32 Å². The summed E-state index contributed by atoms with van der Waals surface area (Å²) < 4.78 is 0. The molecule has 0 radical (unpaired) electrons. The van der Waals surface area contributed by atoms with Crippen molar-refractivity contribution in [1.29, 1.82) is 0 Å². The van der Waals surface area contributed by atoms with Crippen LogP contribution in [0.15, 0.2) is 36.4 Å². The Hall–Kier alpha value is -0.730. The van der Waals surface area contributed by atoms with Gasteiger partial charge in [0.25, 0.3) is 0 Å². The lowest BCUT2D eigenvalue weighted by atomic mass is 10.0. The number of nitrogens with one attached hydrogen (secondary N) is 1. The quantitative estimate of drug-likeness (QED) is 0.677. The number of fused-ring (bicyclic) bond motifs is 1. The maximum Gasteiger partial charge on any atom is 0.0781 e. The van der Waals surface area contributed by atoms with E-state index in [4.69, 9.17) is 34.8 Å². The molecular weight excluding hydrogens is 325 g/mol. The van der Waals surface area contributed by atoms with Gasteiger partial charge in [-0.15, -0.1) is 0 Å². The van der Waals surface area contributed by atoms with Crippen LogP contribution in [0.25, 0.3) is 0 Å². The first-order chi connectivity index (χ1) is 10.1. The minimum atomic E-state index is 0.114. The van der Waals surface area contributed by atoms with Crippen LogP contribution in [-0.2, 0) is 6.42 Å². The molecule has 1 aliphatic rings. The molecule has 0 amide bonds. The molecule has 3 rings (SSSR count). The van der Waals surface area contributed by atoms with Crippen molar-refractivity contribution in [2.24, 2.45) is 0 Å². The van der Waals surface area contributed by atoms with Gasteiger partial charge >= 0.3 is 0 Å². The summed E-state index contributed by atoms with van der Waals surface area (Å²) in [6.07, 6.45) is 2.23. The minimum Gasteiger partial charge on any atom is -0.303 e. The molecule has 2 unspecified atom stereocenters. The van der Waals surface area contributed by atoms with Gasteiger partial charge in [-0.1, -0.05) is 65.1 Å². The molecule has 1 nitrogen and oxygen atoms in total. The first-order valence-electron chi connectivity index (χ1n) is 7.05. The highest BCUT2D eigenvalue weighted by Gasteiger charge is 2.24. The molecule has 2 aromatic rings. The van der Waals surface area contributed by atoms with Gasteiger partial charge in [-0.05, 0) is 42.5 Å². The van der Waals surface area contributed by atoms with Gasteiger partial charge in [0.2, 0.25) is 0 Å². The standard InChI is InChI=1S/C17H16Cl3N/c1-10(12-7-8-14(18)17(20)16(12)19)21-15-9-6-11-4-2-3-5-13(11)15/h2-5,7-8,10,15,21H,6,9H2,1H3. The molecule has 2 atom stereocenters. The van der Waals surface area contributed by atoms with Crippen molar-refractivity contribution >= 4 is 34.8 Å². The lowest BCUT2D eigenvalue weighted by Crippen LogP contribution is -2.23. The summed E-state index contributed by atoms with van der Waals surface area (Å²) in [7, 11) is 0. The Morgan fingerprint density at radius 3 is 2.62 bits per heavy atom. The van der Waals surface area contributed by atoms with E-state index in [0.29, 0.717) is 21.1 Å². The normalized spacial score (nSPS) is 18.6. The predicted octanol–water partition coefficient (Wildman–Crippen LogP) is 5.98. The van der Waals surface area contributed by atoms with Crippen LogP contribution in [0.2, 0.25) is 15.1 Å². The highest BCUT2D eigenvalue weighted by Crippen LogP contribution is 2.38. The fraction of sp³-hybridized carbons (Fsp3) is 0.294. The maximum absolute atomic E-state index is 6.32. The first kappa shape index (κ1) is 15.2. The second-order valence-electron chi connectivity index (χ2n) is 5.44. The molecule has 0 aliphatic heterocycles. The molecule has 2 aromatic carbocycles. The third-order valence-electron chi connectivity index (χ3n) is 4.12. The first-order valence-corrected chi connectivity index (χ1v) is 8.18. The van der Waals surface area contributed by atoms with E-state index >= 15 is 0 Å². The number of hydrogen-bond acceptors (Lipinski definition) is 1. The van der Waals surface area contributed by atoms with Crippen molar-refractivity contribution in [3.8, 4) is 0 Å². The maximum atomic E-state index is 6.32. The second kappa shape index (κ2) is 6.18. The fourth-order valence-electron chi connectivity index (χ4n) is 3.00. The molecule has 4 heteroatoms. The van der Waals surface area contributed by atoms with Gasteiger partial charge in [0, 0.05) is 12.1 Å². The van der Waals surface area contributed by atoms with E-state index in [1.807, 2.05) is 6.07 Å². The number of benzene rings is 2. The molecule has 1 N–H and O–H groups in total. The SMILES string of the molecule is CC(NC1CCc2ccccc21)c1ccc(Cl)c(Cl)c1Cl. The van der Waals surface area contributed by atoms with E-state index in [1.165, 1.54) is 11.1 Å². The number of halogens is 3. The van der Waals surface area contributed by atoms with E-state index in [1.54, 1.807) is 6.07 Å². The third kappa shape index (κ3) is 2.93. The lowest BCUT2D eigenvalue weighted by Gasteiger charge is -2.22. The van der Waals surface area contributed by atoms with E-state index in [0.717, 1.165) is 18.4 Å². The van der Waals surface area contributed by atoms with Crippen LogP contribution in [0.3, 0.4) is 0 Å². The Balaban J connectivity index is 1.82. The van der Waals surface area contributed by atoms with Crippen LogP contribution >= 0.6 is 34.8 Å². The second-order valence-corrected chi connectivity index (χ2v) is 6.61. The summed E-state index contributed by atoms with van der Waals surface area (Å²) >= 11 is 18.4. The van der Waals surface area contributed by atoms with E-state index in [9.17, 15) is 0 Å². The van der Waals surface area contributed by atoms with Crippen molar-refractivity contribution in [2.75, 3.05) is 0 Å². The number of aryl methyl sites for hydroxylation is 1. The molecular formula is C17H16Cl3N. The third-order valence-corrected chi connectivity index (χ3v) is 5.42. The molecule has 0 aromatic heterocycles. The molecule has 0 saturated carbocycles. The zero-order valence-electron chi connectivity index (χ0n) is 11.7. The van der Waals surface area contributed by atoms with E-state index < -0.39 is 0 Å². The molecule has 0 heterocycles. The van der Waals surface area contributed by atoms with Crippen LogP contribution in [0.4, 0.5) is 0 Å². The van der Waals surface area contributed by atoms with E-state index in [2.05, 4.69) is 36.5 Å². The molecule has 110 valence electrons. The van der Waals surface area contributed by atoms with Gasteiger partial charge in [-0.3, -0.25) is 0 Å². The van der Waals surface area contributed by atoms with Gasteiger partial charge in [0.15, 0.2) is 0 Å². The average Bonchev–Trinajstić information content (AvgIpc) is 2.88. The number of hydrogen-bond donors (Lipinski definition) is 1. The van der Waals surface area contributed by atoms with Crippen molar-refractivity contribution in [3.63, 3.8) is 0 Å². The summed E-state index contributed by atoms with van der Waals surface area (Å²) in [4.78, 5) is 0. The van der Waals surface area contributed by atoms with Crippen LogP contribution in [-0.4, -0.2) is 0 Å². The zero-order chi connectivity index (χ0) is 15.0. The van der Waals surface area contributed by atoms with Crippen molar-refractivity contribution in [1.82, 2.24) is 5.32 Å². The Kier molecular flexibility index (Phi) is 4.46. The van der Waals surface area contributed by atoms with Gasteiger partial charge < -0.3 is 5.32 Å². The van der Waals surface area contributed by atoms with E-state index in [-0.39, 0.29) is 6.04 Å². The van der Waals surface area contributed by atoms with Crippen molar-refractivity contribution in [2.45, 2.75) is 31.8 Å². The van der Waals surface area contributed by atoms with Crippen molar-refractivity contribution < 1.29 is 0 Å². The van der Waals surface area contributed by atoms with Crippen LogP contribution in [0.5, 0.6) is 0 Å². The highest BCUT2D eigenvalue weighted by molar-refractivity contribution is 6.48.